The van der Waals surface area contributed by atoms with Crippen molar-refractivity contribution in [1.29, 1.82) is 0 Å². The maximum absolute atomic E-state index is 12.3. The maximum Gasteiger partial charge on any atom is 0.251 e. The van der Waals surface area contributed by atoms with Crippen molar-refractivity contribution in [3.63, 3.8) is 0 Å². The molecule has 0 unspecified atom stereocenters. The lowest BCUT2D eigenvalue weighted by Gasteiger charge is -2.17. The van der Waals surface area contributed by atoms with E-state index in [4.69, 9.17) is 0 Å². The number of anilines is 2. The molecule has 1 aliphatic heterocycles. The predicted molar refractivity (Wildman–Crippen MR) is 96.5 cm³/mol. The van der Waals surface area contributed by atoms with Crippen LogP contribution in [0.5, 0.6) is 0 Å². The Balaban J connectivity index is 1.60. The van der Waals surface area contributed by atoms with Crippen LogP contribution in [0.1, 0.15) is 16.1 Å². The zero-order valence-electron chi connectivity index (χ0n) is 14.4. The third-order valence-electron chi connectivity index (χ3n) is 4.20. The van der Waals surface area contributed by atoms with Gasteiger partial charge in [-0.1, -0.05) is 12.2 Å². The van der Waals surface area contributed by atoms with E-state index in [9.17, 15) is 4.79 Å². The summed E-state index contributed by atoms with van der Waals surface area (Å²) in [6, 6.07) is 7.74. The fourth-order valence-corrected chi connectivity index (χ4v) is 2.80. The molecule has 0 atom stereocenters. The average Bonchev–Trinajstić information content (AvgIpc) is 3.23. The van der Waals surface area contributed by atoms with Crippen LogP contribution >= 0.6 is 0 Å². The highest BCUT2D eigenvalue weighted by Gasteiger charge is 2.12. The summed E-state index contributed by atoms with van der Waals surface area (Å²) in [6.07, 6.45) is 6.09. The number of nitrogens with one attached hydrogen (secondary N) is 1. The summed E-state index contributed by atoms with van der Waals surface area (Å²) >= 11 is 0. The molecule has 3 rings (SSSR count). The van der Waals surface area contributed by atoms with Gasteiger partial charge in [-0.3, -0.25) is 4.79 Å². The van der Waals surface area contributed by atoms with Crippen LogP contribution in [0.15, 0.2) is 42.6 Å². The van der Waals surface area contributed by atoms with E-state index >= 15 is 0 Å². The Hall–Kier alpha value is -2.76. The van der Waals surface area contributed by atoms with Crippen LogP contribution in [0.4, 0.5) is 11.6 Å². The number of imidazole rings is 1. The smallest absolute Gasteiger partial charge is 0.251 e. The third kappa shape index (κ3) is 3.27. The lowest BCUT2D eigenvalue weighted by Crippen LogP contribution is -2.24. The fraction of sp³-hybridized carbons (Fsp3) is 0.333. The van der Waals surface area contributed by atoms with Crippen molar-refractivity contribution in [2.75, 3.05) is 37.0 Å². The van der Waals surface area contributed by atoms with Gasteiger partial charge in [0.1, 0.15) is 0 Å². The fourth-order valence-electron chi connectivity index (χ4n) is 2.80. The molecule has 0 aliphatic carbocycles. The number of nitrogens with zero attached hydrogens (tertiary/aromatic N) is 4. The third-order valence-corrected chi connectivity index (χ3v) is 4.20. The molecule has 0 saturated heterocycles. The summed E-state index contributed by atoms with van der Waals surface area (Å²) in [5.74, 6) is 0.788. The Labute approximate surface area is 142 Å². The number of amides is 1. The van der Waals surface area contributed by atoms with E-state index in [1.807, 2.05) is 54.9 Å². The van der Waals surface area contributed by atoms with Gasteiger partial charge in [-0.05, 0) is 24.3 Å². The molecule has 0 spiro atoms. The van der Waals surface area contributed by atoms with Gasteiger partial charge in [-0.15, -0.1) is 0 Å². The highest BCUT2D eigenvalue weighted by Crippen LogP contribution is 2.17. The van der Waals surface area contributed by atoms with Gasteiger partial charge in [0.15, 0.2) is 0 Å². The number of carbonyl (C=O) groups excluding carboxylic acids is 1. The van der Waals surface area contributed by atoms with E-state index in [1.54, 1.807) is 6.20 Å². The number of rotatable bonds is 5. The lowest BCUT2D eigenvalue weighted by molar-refractivity contribution is 0.0950. The van der Waals surface area contributed by atoms with Crippen molar-refractivity contribution >= 4 is 17.5 Å². The van der Waals surface area contributed by atoms with E-state index in [0.717, 1.165) is 30.4 Å². The largest absolute Gasteiger partial charge is 0.364 e. The Kier molecular flexibility index (Phi) is 4.55. The molecular weight excluding hydrogens is 302 g/mol. The first-order valence-corrected chi connectivity index (χ1v) is 8.02. The van der Waals surface area contributed by atoms with Crippen molar-refractivity contribution in [2.45, 2.75) is 6.54 Å². The molecule has 1 aliphatic rings. The molecule has 0 fully saturated rings. The molecule has 6 heteroatoms. The SMILES string of the molecule is CN(C)c1ncc(CNC(=O)c2ccc(N3CC=CC3)cc2)n1C. The summed E-state index contributed by atoms with van der Waals surface area (Å²) in [4.78, 5) is 20.9. The minimum atomic E-state index is -0.0753. The van der Waals surface area contributed by atoms with Crippen LogP contribution in [-0.2, 0) is 13.6 Å². The second-order valence-electron chi connectivity index (χ2n) is 6.11. The van der Waals surface area contributed by atoms with Gasteiger partial charge in [-0.2, -0.15) is 0 Å². The zero-order valence-corrected chi connectivity index (χ0v) is 14.4. The van der Waals surface area contributed by atoms with Crippen LogP contribution < -0.4 is 15.1 Å². The molecule has 24 heavy (non-hydrogen) atoms. The molecular formula is C18H23N5O. The molecule has 1 aromatic heterocycles. The highest BCUT2D eigenvalue weighted by molar-refractivity contribution is 5.94. The molecule has 1 aromatic carbocycles. The number of aromatic nitrogens is 2. The van der Waals surface area contributed by atoms with Crippen molar-refractivity contribution in [1.82, 2.24) is 14.9 Å². The summed E-state index contributed by atoms with van der Waals surface area (Å²) in [7, 11) is 5.84. The Morgan fingerprint density at radius 3 is 2.46 bits per heavy atom. The van der Waals surface area contributed by atoms with Crippen LogP contribution in [0.2, 0.25) is 0 Å². The van der Waals surface area contributed by atoms with E-state index < -0.39 is 0 Å². The molecule has 0 bridgehead atoms. The predicted octanol–water partition coefficient (Wildman–Crippen LogP) is 1.79. The Morgan fingerprint density at radius 2 is 1.88 bits per heavy atom. The minimum absolute atomic E-state index is 0.0753. The summed E-state index contributed by atoms with van der Waals surface area (Å²) in [5, 5.41) is 2.95. The monoisotopic (exact) mass is 325 g/mol. The van der Waals surface area contributed by atoms with Crippen LogP contribution in [0.3, 0.4) is 0 Å². The first-order chi connectivity index (χ1) is 11.6. The van der Waals surface area contributed by atoms with Crippen molar-refractivity contribution in [2.24, 2.45) is 7.05 Å². The maximum atomic E-state index is 12.3. The molecule has 2 heterocycles. The van der Waals surface area contributed by atoms with Crippen LogP contribution in [0.25, 0.3) is 0 Å². The molecule has 1 amide bonds. The van der Waals surface area contributed by atoms with Crippen LogP contribution in [0, 0.1) is 0 Å². The number of benzene rings is 1. The van der Waals surface area contributed by atoms with Gasteiger partial charge in [0.05, 0.1) is 18.4 Å². The molecule has 1 N–H and O–H groups in total. The molecule has 126 valence electrons. The quantitative estimate of drug-likeness (QED) is 0.852. The second kappa shape index (κ2) is 6.78. The Morgan fingerprint density at radius 1 is 1.21 bits per heavy atom. The lowest BCUT2D eigenvalue weighted by atomic mass is 10.2. The van der Waals surface area contributed by atoms with E-state index in [0.29, 0.717) is 12.1 Å². The van der Waals surface area contributed by atoms with E-state index in [1.165, 1.54) is 0 Å². The first-order valence-electron chi connectivity index (χ1n) is 8.02. The van der Waals surface area contributed by atoms with Crippen molar-refractivity contribution < 1.29 is 4.79 Å². The topological polar surface area (TPSA) is 53.4 Å². The molecule has 2 aromatic rings. The normalized spacial score (nSPS) is 13.4. The summed E-state index contributed by atoms with van der Waals surface area (Å²) in [5.41, 5.74) is 2.77. The van der Waals surface area contributed by atoms with Gasteiger partial charge in [0.2, 0.25) is 5.95 Å². The summed E-state index contributed by atoms with van der Waals surface area (Å²) in [6.45, 7) is 2.31. The summed E-state index contributed by atoms with van der Waals surface area (Å²) < 4.78 is 1.98. The molecule has 0 saturated carbocycles. The van der Waals surface area contributed by atoms with E-state index in [-0.39, 0.29) is 5.91 Å². The highest BCUT2D eigenvalue weighted by atomic mass is 16.1. The average molecular weight is 325 g/mol. The molecule has 0 radical (unpaired) electrons. The number of hydrogen-bond donors (Lipinski definition) is 1. The van der Waals surface area contributed by atoms with Gasteiger partial charge in [0.25, 0.3) is 5.91 Å². The van der Waals surface area contributed by atoms with Gasteiger partial charge >= 0.3 is 0 Å². The number of hydrogen-bond acceptors (Lipinski definition) is 4. The second-order valence-corrected chi connectivity index (χ2v) is 6.11. The zero-order chi connectivity index (χ0) is 17.1. The Bertz CT molecular complexity index is 737. The van der Waals surface area contributed by atoms with E-state index in [2.05, 4.69) is 27.4 Å². The van der Waals surface area contributed by atoms with Crippen molar-refractivity contribution in [3.8, 4) is 0 Å². The minimum Gasteiger partial charge on any atom is -0.364 e. The van der Waals surface area contributed by atoms with Gasteiger partial charge < -0.3 is 19.7 Å². The number of carbonyl (C=O) groups is 1. The first kappa shape index (κ1) is 16.1. The van der Waals surface area contributed by atoms with Crippen LogP contribution in [-0.4, -0.2) is 42.6 Å². The van der Waals surface area contributed by atoms with Gasteiger partial charge in [-0.25, -0.2) is 4.98 Å². The molecule has 6 nitrogen and oxygen atoms in total. The van der Waals surface area contributed by atoms with Crippen molar-refractivity contribution in [3.05, 3.63) is 53.9 Å². The van der Waals surface area contributed by atoms with Gasteiger partial charge in [0, 0.05) is 45.5 Å². The standard InChI is InChI=1S/C18H23N5O/c1-21(2)18-20-13-16(22(18)3)12-19-17(24)14-6-8-15(9-7-14)23-10-4-5-11-23/h4-9,13H,10-12H2,1-3H3,(H,19,24).